The van der Waals surface area contributed by atoms with Gasteiger partial charge in [-0.05, 0) is 16.3 Å². The van der Waals surface area contributed by atoms with E-state index in [9.17, 15) is 9.59 Å². The summed E-state index contributed by atoms with van der Waals surface area (Å²) in [5.41, 5.74) is 0. The lowest BCUT2D eigenvalue weighted by Crippen LogP contribution is -2.38. The molecule has 8 nitrogen and oxygen atoms in total. The van der Waals surface area contributed by atoms with E-state index in [1.165, 1.54) is 15.9 Å². The Kier molecular flexibility index (Phi) is 5.22. The van der Waals surface area contributed by atoms with Crippen molar-refractivity contribution in [2.24, 2.45) is 5.92 Å². The minimum absolute atomic E-state index is 0.0271. The monoisotopic (exact) mass is 255 g/mol. The van der Waals surface area contributed by atoms with Gasteiger partial charge in [0.15, 0.2) is 0 Å². The van der Waals surface area contributed by atoms with Crippen molar-refractivity contribution in [2.45, 2.75) is 26.8 Å². The Morgan fingerprint density at radius 1 is 1.44 bits per heavy atom. The molecule has 100 valence electrons. The lowest BCUT2D eigenvalue weighted by atomic mass is 10.2. The highest BCUT2D eigenvalue weighted by molar-refractivity contribution is 5.76. The molecule has 18 heavy (non-hydrogen) atoms. The van der Waals surface area contributed by atoms with E-state index in [2.05, 4.69) is 15.5 Å². The molecule has 1 rings (SSSR count). The van der Waals surface area contributed by atoms with Crippen LogP contribution in [0.1, 0.15) is 20.3 Å². The highest BCUT2D eigenvalue weighted by atomic mass is 16.4. The fourth-order valence-corrected chi connectivity index (χ4v) is 1.48. The van der Waals surface area contributed by atoms with E-state index in [0.29, 0.717) is 6.54 Å². The molecule has 0 unspecified atom stereocenters. The predicted molar refractivity (Wildman–Crippen MR) is 61.5 cm³/mol. The summed E-state index contributed by atoms with van der Waals surface area (Å²) < 4.78 is 1.32. The van der Waals surface area contributed by atoms with E-state index in [1.807, 2.05) is 13.8 Å². The number of aliphatic carboxylic acids is 1. The van der Waals surface area contributed by atoms with Crippen molar-refractivity contribution < 1.29 is 14.7 Å². The summed E-state index contributed by atoms with van der Waals surface area (Å²) in [5, 5.41) is 19.1. The fourth-order valence-electron chi connectivity index (χ4n) is 1.48. The normalized spacial score (nSPS) is 10.6. The first-order chi connectivity index (χ1) is 8.49. The summed E-state index contributed by atoms with van der Waals surface area (Å²) >= 11 is 0. The lowest BCUT2D eigenvalue weighted by molar-refractivity contribution is -0.139. The third-order valence-electron chi connectivity index (χ3n) is 2.22. The van der Waals surface area contributed by atoms with Gasteiger partial charge in [0.2, 0.25) is 5.91 Å². The zero-order chi connectivity index (χ0) is 13.5. The Morgan fingerprint density at radius 2 is 2.17 bits per heavy atom. The molecule has 0 fully saturated rings. The van der Waals surface area contributed by atoms with E-state index >= 15 is 0 Å². The maximum atomic E-state index is 12.0. The van der Waals surface area contributed by atoms with Crippen molar-refractivity contribution in [2.75, 3.05) is 13.1 Å². The largest absolute Gasteiger partial charge is 0.481 e. The smallest absolute Gasteiger partial charge is 0.305 e. The quantitative estimate of drug-likeness (QED) is 0.713. The van der Waals surface area contributed by atoms with Gasteiger partial charge in [-0.15, -0.1) is 5.10 Å². The second kappa shape index (κ2) is 6.67. The summed E-state index contributed by atoms with van der Waals surface area (Å²) in [6.07, 6.45) is 1.29. The van der Waals surface area contributed by atoms with Gasteiger partial charge in [-0.3, -0.25) is 9.59 Å². The number of carboxylic acid groups (broad SMARTS) is 1. The van der Waals surface area contributed by atoms with Crippen LogP contribution in [0.2, 0.25) is 0 Å². The van der Waals surface area contributed by atoms with Crippen LogP contribution >= 0.6 is 0 Å². The van der Waals surface area contributed by atoms with Crippen LogP contribution in [-0.4, -0.2) is 55.2 Å². The second-order valence-electron chi connectivity index (χ2n) is 4.38. The Bertz CT molecular complexity index is 390. The van der Waals surface area contributed by atoms with E-state index < -0.39 is 5.97 Å². The standard InChI is InChI=1S/C10H17N5O3/c1-8(2)5-14(4-3-10(17)18)9(16)6-15-7-11-12-13-15/h7-8H,3-6H2,1-2H3,(H,17,18). The number of hydrogen-bond donors (Lipinski definition) is 1. The minimum Gasteiger partial charge on any atom is -0.481 e. The van der Waals surface area contributed by atoms with Gasteiger partial charge in [0.25, 0.3) is 0 Å². The van der Waals surface area contributed by atoms with Crippen molar-refractivity contribution in [3.05, 3.63) is 6.33 Å². The van der Waals surface area contributed by atoms with E-state index in [-0.39, 0.29) is 31.3 Å². The molecule has 0 bridgehead atoms. The van der Waals surface area contributed by atoms with Gasteiger partial charge < -0.3 is 10.0 Å². The van der Waals surface area contributed by atoms with Crippen LogP contribution in [0.3, 0.4) is 0 Å². The third kappa shape index (κ3) is 4.89. The van der Waals surface area contributed by atoms with E-state index in [1.54, 1.807) is 0 Å². The number of tetrazole rings is 1. The summed E-state index contributed by atoms with van der Waals surface area (Å²) in [4.78, 5) is 24.1. The van der Waals surface area contributed by atoms with Gasteiger partial charge in [-0.2, -0.15) is 0 Å². The molecule has 0 saturated carbocycles. The number of hydrogen-bond acceptors (Lipinski definition) is 5. The maximum Gasteiger partial charge on any atom is 0.305 e. The second-order valence-corrected chi connectivity index (χ2v) is 4.38. The summed E-state index contributed by atoms with van der Waals surface area (Å²) in [6.45, 7) is 4.69. The van der Waals surface area contributed by atoms with Crippen LogP contribution in [0, 0.1) is 5.92 Å². The number of carbonyl (C=O) groups is 2. The molecule has 1 N–H and O–H groups in total. The zero-order valence-corrected chi connectivity index (χ0v) is 10.5. The number of nitrogens with zero attached hydrogens (tertiary/aromatic N) is 5. The molecule has 0 saturated heterocycles. The maximum absolute atomic E-state index is 12.0. The number of amides is 1. The highest BCUT2D eigenvalue weighted by Gasteiger charge is 2.16. The fraction of sp³-hybridized carbons (Fsp3) is 0.700. The molecule has 0 aromatic carbocycles. The van der Waals surface area contributed by atoms with Gasteiger partial charge in [0, 0.05) is 13.1 Å². The van der Waals surface area contributed by atoms with Crippen molar-refractivity contribution >= 4 is 11.9 Å². The number of carboxylic acids is 1. The van der Waals surface area contributed by atoms with E-state index in [4.69, 9.17) is 5.11 Å². The van der Waals surface area contributed by atoms with Crippen LogP contribution < -0.4 is 0 Å². The van der Waals surface area contributed by atoms with Crippen molar-refractivity contribution in [1.82, 2.24) is 25.1 Å². The zero-order valence-electron chi connectivity index (χ0n) is 10.5. The molecule has 0 spiro atoms. The van der Waals surface area contributed by atoms with Gasteiger partial charge in [0.1, 0.15) is 12.9 Å². The van der Waals surface area contributed by atoms with E-state index in [0.717, 1.165) is 0 Å². The Hall–Kier alpha value is -1.99. The van der Waals surface area contributed by atoms with Crippen LogP contribution in [0.4, 0.5) is 0 Å². The van der Waals surface area contributed by atoms with Gasteiger partial charge in [0.05, 0.1) is 6.42 Å². The molecule has 0 aliphatic rings. The van der Waals surface area contributed by atoms with Crippen molar-refractivity contribution in [1.29, 1.82) is 0 Å². The molecule has 1 aromatic heterocycles. The number of rotatable bonds is 7. The minimum atomic E-state index is -0.918. The average Bonchev–Trinajstić information content (AvgIpc) is 2.76. The van der Waals surface area contributed by atoms with Crippen molar-refractivity contribution in [3.8, 4) is 0 Å². The molecule has 0 aliphatic heterocycles. The van der Waals surface area contributed by atoms with Gasteiger partial charge in [-0.25, -0.2) is 4.68 Å². The first-order valence-corrected chi connectivity index (χ1v) is 5.69. The molecule has 1 aromatic rings. The first-order valence-electron chi connectivity index (χ1n) is 5.69. The summed E-state index contributed by atoms with van der Waals surface area (Å²) in [5.74, 6) is -0.826. The van der Waals surface area contributed by atoms with Crippen LogP contribution in [0.25, 0.3) is 0 Å². The van der Waals surface area contributed by atoms with Crippen molar-refractivity contribution in [3.63, 3.8) is 0 Å². The molecule has 0 radical (unpaired) electrons. The molecular weight excluding hydrogens is 238 g/mol. The lowest BCUT2D eigenvalue weighted by Gasteiger charge is -2.23. The van der Waals surface area contributed by atoms with Crippen LogP contribution in [0.15, 0.2) is 6.33 Å². The molecule has 0 atom stereocenters. The van der Waals surface area contributed by atoms with Gasteiger partial charge >= 0.3 is 5.97 Å². The highest BCUT2D eigenvalue weighted by Crippen LogP contribution is 2.02. The molecule has 1 heterocycles. The SMILES string of the molecule is CC(C)CN(CCC(=O)O)C(=O)Cn1cnnn1. The topological polar surface area (TPSA) is 101 Å². The first kappa shape index (κ1) is 14.1. The molecular formula is C10H17N5O3. The molecule has 0 aliphatic carbocycles. The summed E-state index contributed by atoms with van der Waals surface area (Å²) in [7, 11) is 0. The number of carbonyl (C=O) groups excluding carboxylic acids is 1. The Morgan fingerprint density at radius 3 is 2.67 bits per heavy atom. The summed E-state index contributed by atoms with van der Waals surface area (Å²) in [6, 6.07) is 0. The molecule has 8 heteroatoms. The van der Waals surface area contributed by atoms with Gasteiger partial charge in [-0.1, -0.05) is 13.8 Å². The Balaban J connectivity index is 2.57. The molecule has 1 amide bonds. The average molecular weight is 255 g/mol. The Labute approximate surface area is 105 Å². The van der Waals surface area contributed by atoms with Crippen LogP contribution in [-0.2, 0) is 16.1 Å². The third-order valence-corrected chi connectivity index (χ3v) is 2.22. The van der Waals surface area contributed by atoms with Crippen LogP contribution in [0.5, 0.6) is 0 Å². The number of aromatic nitrogens is 4. The predicted octanol–water partition coefficient (Wildman–Crippen LogP) is -0.368.